The smallest absolute Gasteiger partial charge is 0.256 e. The van der Waals surface area contributed by atoms with Gasteiger partial charge in [0.05, 0.1) is 11.3 Å². The molecule has 0 aromatic heterocycles. The maximum Gasteiger partial charge on any atom is 0.256 e. The van der Waals surface area contributed by atoms with E-state index in [2.05, 4.69) is 19.2 Å². The predicted molar refractivity (Wildman–Crippen MR) is 87.6 cm³/mol. The second kappa shape index (κ2) is 7.16. The van der Waals surface area contributed by atoms with Crippen molar-refractivity contribution < 1.29 is 9.18 Å². The molecule has 1 aliphatic heterocycles. The van der Waals surface area contributed by atoms with Crippen LogP contribution in [0.4, 0.5) is 10.1 Å². The number of carbonyl (C=O) groups excluding carboxylic acids is 1. The zero-order valence-electron chi connectivity index (χ0n) is 12.9. The molecule has 1 fully saturated rings. The second-order valence-corrected chi connectivity index (χ2v) is 6.89. The van der Waals surface area contributed by atoms with Crippen LogP contribution in [0.5, 0.6) is 0 Å². The first-order chi connectivity index (χ1) is 10.1. The van der Waals surface area contributed by atoms with Gasteiger partial charge in [-0.05, 0) is 25.5 Å². The van der Waals surface area contributed by atoms with Crippen LogP contribution < -0.4 is 5.32 Å². The highest BCUT2D eigenvalue weighted by Crippen LogP contribution is 2.28. The lowest BCUT2D eigenvalue weighted by molar-refractivity contribution is 0.0698. The number of nitrogens with zero attached hydrogens (tertiary/aromatic N) is 1. The van der Waals surface area contributed by atoms with Gasteiger partial charge in [0, 0.05) is 30.1 Å². The van der Waals surface area contributed by atoms with E-state index in [-0.39, 0.29) is 17.8 Å². The first-order valence-corrected chi connectivity index (χ1v) is 8.56. The summed E-state index contributed by atoms with van der Waals surface area (Å²) >= 11 is 1.88. The van der Waals surface area contributed by atoms with Crippen LogP contribution in [0.1, 0.15) is 37.6 Å². The van der Waals surface area contributed by atoms with E-state index in [1.165, 1.54) is 6.07 Å². The minimum Gasteiger partial charge on any atom is -0.382 e. The minimum absolute atomic E-state index is 0.0762. The topological polar surface area (TPSA) is 32.3 Å². The monoisotopic (exact) mass is 310 g/mol. The summed E-state index contributed by atoms with van der Waals surface area (Å²) in [6.45, 7) is 7.59. The number of rotatable bonds is 4. The summed E-state index contributed by atoms with van der Waals surface area (Å²) in [5.41, 5.74) is 0.775. The van der Waals surface area contributed by atoms with Gasteiger partial charge in [0.1, 0.15) is 5.82 Å². The van der Waals surface area contributed by atoms with E-state index in [0.717, 1.165) is 18.7 Å². The summed E-state index contributed by atoms with van der Waals surface area (Å²) in [5.74, 6) is 0.499. The Morgan fingerprint density at radius 1 is 1.48 bits per heavy atom. The molecular weight excluding hydrogens is 287 g/mol. The van der Waals surface area contributed by atoms with Crippen LogP contribution in [-0.4, -0.2) is 40.9 Å². The summed E-state index contributed by atoms with van der Waals surface area (Å²) in [6, 6.07) is 4.88. The highest BCUT2D eigenvalue weighted by atomic mass is 32.2. The van der Waals surface area contributed by atoms with E-state index in [1.807, 2.05) is 23.6 Å². The molecule has 1 heterocycles. The lowest BCUT2D eigenvalue weighted by Gasteiger charge is -2.37. The summed E-state index contributed by atoms with van der Waals surface area (Å²) in [6.07, 6.45) is 0.885. The predicted octanol–water partition coefficient (Wildman–Crippen LogP) is 3.61. The number of nitrogens with one attached hydrogen (secondary N) is 1. The molecule has 2 rings (SSSR count). The minimum atomic E-state index is -0.360. The van der Waals surface area contributed by atoms with E-state index < -0.39 is 0 Å². The zero-order valence-corrected chi connectivity index (χ0v) is 13.7. The Balaban J connectivity index is 2.28. The first kappa shape index (κ1) is 16.1. The van der Waals surface area contributed by atoms with Gasteiger partial charge in [0.15, 0.2) is 0 Å². The average Bonchev–Trinajstić information content (AvgIpc) is 2.48. The van der Waals surface area contributed by atoms with Crippen molar-refractivity contribution in [2.45, 2.75) is 38.5 Å². The van der Waals surface area contributed by atoms with Crippen LogP contribution in [0.2, 0.25) is 0 Å². The van der Waals surface area contributed by atoms with E-state index in [1.54, 1.807) is 12.1 Å². The van der Waals surface area contributed by atoms with Crippen LogP contribution in [0.25, 0.3) is 0 Å². The summed E-state index contributed by atoms with van der Waals surface area (Å²) in [4.78, 5) is 14.7. The molecule has 5 heteroatoms. The van der Waals surface area contributed by atoms with Gasteiger partial charge in [-0.1, -0.05) is 19.9 Å². The number of halogens is 1. The van der Waals surface area contributed by atoms with Crippen molar-refractivity contribution in [3.05, 3.63) is 29.6 Å². The lowest BCUT2D eigenvalue weighted by atomic mass is 10.1. The van der Waals surface area contributed by atoms with Crippen molar-refractivity contribution in [2.75, 3.05) is 24.2 Å². The molecule has 1 aliphatic rings. The van der Waals surface area contributed by atoms with Gasteiger partial charge >= 0.3 is 0 Å². The van der Waals surface area contributed by atoms with Crippen molar-refractivity contribution in [1.82, 2.24) is 4.90 Å². The Morgan fingerprint density at radius 2 is 2.24 bits per heavy atom. The van der Waals surface area contributed by atoms with Gasteiger partial charge in [-0.3, -0.25) is 4.79 Å². The number of hydrogen-bond acceptors (Lipinski definition) is 3. The van der Waals surface area contributed by atoms with Crippen molar-refractivity contribution in [2.24, 2.45) is 0 Å². The normalized spacial score (nSPS) is 22.2. The second-order valence-electron chi connectivity index (χ2n) is 5.40. The van der Waals surface area contributed by atoms with Crippen molar-refractivity contribution in [3.63, 3.8) is 0 Å². The molecule has 1 saturated heterocycles. The van der Waals surface area contributed by atoms with E-state index >= 15 is 0 Å². The number of para-hydroxylation sites is 1. The van der Waals surface area contributed by atoms with Crippen LogP contribution in [-0.2, 0) is 0 Å². The molecule has 1 N–H and O–H groups in total. The van der Waals surface area contributed by atoms with Crippen LogP contribution in [0, 0.1) is 5.82 Å². The molecule has 21 heavy (non-hydrogen) atoms. The maximum absolute atomic E-state index is 14.0. The Hall–Kier alpha value is -1.23. The van der Waals surface area contributed by atoms with Crippen LogP contribution >= 0.6 is 11.8 Å². The number of thioether (sulfide) groups is 1. The molecule has 2 unspecified atom stereocenters. The fourth-order valence-electron chi connectivity index (χ4n) is 2.51. The van der Waals surface area contributed by atoms with E-state index in [9.17, 15) is 9.18 Å². The highest BCUT2D eigenvalue weighted by molar-refractivity contribution is 8.00. The Bertz CT molecular complexity index is 509. The Morgan fingerprint density at radius 3 is 2.95 bits per heavy atom. The third kappa shape index (κ3) is 3.51. The quantitative estimate of drug-likeness (QED) is 0.922. The molecule has 1 amide bonds. The van der Waals surface area contributed by atoms with Crippen LogP contribution in [0.15, 0.2) is 18.2 Å². The SMILES string of the molecule is CCCNc1c(F)cccc1C(=O)N1CCSC(C)C1C. The lowest BCUT2D eigenvalue weighted by Crippen LogP contribution is -2.48. The van der Waals surface area contributed by atoms with Gasteiger partial charge < -0.3 is 10.2 Å². The largest absolute Gasteiger partial charge is 0.382 e. The standard InChI is InChI=1S/C16H23FN2OS/c1-4-8-18-15-13(6-5-7-14(15)17)16(20)19-9-10-21-12(3)11(19)2/h5-7,11-12,18H,4,8-10H2,1-3H3. The number of benzene rings is 1. The van der Waals surface area contributed by atoms with Crippen molar-refractivity contribution in [3.8, 4) is 0 Å². The third-order valence-electron chi connectivity index (χ3n) is 3.94. The van der Waals surface area contributed by atoms with Crippen LogP contribution in [0.3, 0.4) is 0 Å². The van der Waals surface area contributed by atoms with Gasteiger partial charge in [-0.25, -0.2) is 4.39 Å². The van der Waals surface area contributed by atoms with Gasteiger partial charge in [0.25, 0.3) is 5.91 Å². The molecule has 0 bridgehead atoms. The molecular formula is C16H23FN2OS. The summed E-state index contributed by atoms with van der Waals surface area (Å²) in [5, 5.41) is 3.46. The third-order valence-corrected chi connectivity index (χ3v) is 5.28. The molecule has 0 spiro atoms. The Labute approximate surface area is 130 Å². The average molecular weight is 310 g/mol. The molecule has 2 atom stereocenters. The van der Waals surface area contributed by atoms with Crippen molar-refractivity contribution in [1.29, 1.82) is 0 Å². The van der Waals surface area contributed by atoms with E-state index in [4.69, 9.17) is 0 Å². The molecule has 1 aromatic carbocycles. The van der Waals surface area contributed by atoms with Gasteiger partial charge in [-0.15, -0.1) is 0 Å². The van der Waals surface area contributed by atoms with Gasteiger partial charge in [-0.2, -0.15) is 11.8 Å². The highest BCUT2D eigenvalue weighted by Gasteiger charge is 2.30. The molecule has 0 radical (unpaired) electrons. The first-order valence-electron chi connectivity index (χ1n) is 7.51. The molecule has 0 aliphatic carbocycles. The number of carbonyl (C=O) groups is 1. The fraction of sp³-hybridized carbons (Fsp3) is 0.562. The number of anilines is 1. The molecule has 3 nitrogen and oxygen atoms in total. The molecule has 0 saturated carbocycles. The molecule has 116 valence electrons. The molecule has 1 aromatic rings. The Kier molecular flexibility index (Phi) is 5.51. The van der Waals surface area contributed by atoms with E-state index in [0.29, 0.717) is 23.0 Å². The fourth-order valence-corrected chi connectivity index (χ4v) is 3.61. The number of hydrogen-bond donors (Lipinski definition) is 1. The zero-order chi connectivity index (χ0) is 15.4. The number of amides is 1. The van der Waals surface area contributed by atoms with Crippen molar-refractivity contribution >= 4 is 23.4 Å². The van der Waals surface area contributed by atoms with Gasteiger partial charge in [0.2, 0.25) is 0 Å². The maximum atomic E-state index is 14.0. The summed E-state index contributed by atoms with van der Waals surface area (Å²) in [7, 11) is 0. The summed E-state index contributed by atoms with van der Waals surface area (Å²) < 4.78 is 14.0.